The fraction of sp³-hybridized carbons (Fsp3) is 0.143. The average Bonchev–Trinajstić information content (AvgIpc) is 1.88. The fourth-order valence-corrected chi connectivity index (χ4v) is 0.628. The molecule has 47 valence electrons. The fourth-order valence-electron chi connectivity index (χ4n) is 0.628. The number of pyridine rings is 1. The SMILES string of the molecule is [CH2]c1cncc(CO)c1. The molecule has 0 fully saturated rings. The van der Waals surface area contributed by atoms with Crippen molar-refractivity contribution in [3.8, 4) is 0 Å². The smallest absolute Gasteiger partial charge is 0.0696 e. The van der Waals surface area contributed by atoms with Crippen LogP contribution in [0.5, 0.6) is 0 Å². The number of aliphatic hydroxyl groups is 1. The van der Waals surface area contributed by atoms with E-state index in [1.54, 1.807) is 18.5 Å². The molecule has 0 spiro atoms. The second kappa shape index (κ2) is 2.60. The Kier molecular flexibility index (Phi) is 1.80. The van der Waals surface area contributed by atoms with E-state index in [1.165, 1.54) is 0 Å². The zero-order valence-corrected chi connectivity index (χ0v) is 5.04. The Labute approximate surface area is 54.2 Å². The maximum Gasteiger partial charge on any atom is 0.0696 e. The molecule has 0 bridgehead atoms. The number of hydrogen-bond acceptors (Lipinski definition) is 2. The molecule has 0 aliphatic rings. The molecule has 0 atom stereocenters. The Morgan fingerprint density at radius 1 is 1.56 bits per heavy atom. The van der Waals surface area contributed by atoms with Gasteiger partial charge in [-0.15, -0.1) is 0 Å². The van der Waals surface area contributed by atoms with Gasteiger partial charge in [0.25, 0.3) is 0 Å². The highest BCUT2D eigenvalue weighted by molar-refractivity contribution is 5.19. The number of nitrogens with zero attached hydrogens (tertiary/aromatic N) is 1. The molecule has 0 aromatic carbocycles. The Morgan fingerprint density at radius 2 is 2.33 bits per heavy atom. The van der Waals surface area contributed by atoms with Crippen molar-refractivity contribution in [2.45, 2.75) is 6.61 Å². The van der Waals surface area contributed by atoms with Crippen LogP contribution < -0.4 is 0 Å². The van der Waals surface area contributed by atoms with Crippen LogP contribution in [0.15, 0.2) is 18.5 Å². The second-order valence-electron chi connectivity index (χ2n) is 1.86. The Morgan fingerprint density at radius 3 is 2.78 bits per heavy atom. The second-order valence-corrected chi connectivity index (χ2v) is 1.86. The molecule has 0 saturated heterocycles. The maximum atomic E-state index is 8.59. The van der Waals surface area contributed by atoms with Crippen molar-refractivity contribution in [2.24, 2.45) is 0 Å². The summed E-state index contributed by atoms with van der Waals surface area (Å²) < 4.78 is 0. The molecule has 1 heterocycles. The Bertz CT molecular complexity index is 198. The molecule has 2 nitrogen and oxygen atoms in total. The normalized spacial score (nSPS) is 9.56. The summed E-state index contributed by atoms with van der Waals surface area (Å²) in [5.41, 5.74) is 1.64. The molecule has 0 aliphatic heterocycles. The minimum Gasteiger partial charge on any atom is -0.392 e. The molecule has 0 unspecified atom stereocenters. The van der Waals surface area contributed by atoms with Gasteiger partial charge in [-0.05, 0) is 18.1 Å². The Hall–Kier alpha value is -0.890. The minimum atomic E-state index is 0.0381. The monoisotopic (exact) mass is 122 g/mol. The third-order valence-electron chi connectivity index (χ3n) is 1.03. The summed E-state index contributed by atoms with van der Waals surface area (Å²) in [6.45, 7) is 3.69. The molecular weight excluding hydrogens is 114 g/mol. The highest BCUT2D eigenvalue weighted by atomic mass is 16.3. The van der Waals surface area contributed by atoms with Gasteiger partial charge in [0.1, 0.15) is 0 Å². The van der Waals surface area contributed by atoms with Crippen LogP contribution in [-0.4, -0.2) is 10.1 Å². The summed E-state index contributed by atoms with van der Waals surface area (Å²) in [5.74, 6) is 0. The molecule has 1 rings (SSSR count). The average molecular weight is 122 g/mol. The first-order chi connectivity index (χ1) is 4.33. The number of hydrogen-bond donors (Lipinski definition) is 1. The van der Waals surface area contributed by atoms with E-state index in [-0.39, 0.29) is 6.61 Å². The van der Waals surface area contributed by atoms with Crippen molar-refractivity contribution in [1.29, 1.82) is 0 Å². The van der Waals surface area contributed by atoms with Gasteiger partial charge in [0.15, 0.2) is 0 Å². The van der Waals surface area contributed by atoms with Gasteiger partial charge in [-0.3, -0.25) is 4.98 Å². The van der Waals surface area contributed by atoms with E-state index in [0.29, 0.717) is 0 Å². The summed E-state index contributed by atoms with van der Waals surface area (Å²) in [7, 11) is 0. The van der Waals surface area contributed by atoms with E-state index >= 15 is 0 Å². The molecule has 1 N–H and O–H groups in total. The van der Waals surface area contributed by atoms with Crippen LogP contribution in [0.25, 0.3) is 0 Å². The van der Waals surface area contributed by atoms with Gasteiger partial charge in [-0.2, -0.15) is 0 Å². The summed E-state index contributed by atoms with van der Waals surface area (Å²) in [5, 5.41) is 8.59. The highest BCUT2D eigenvalue weighted by Gasteiger charge is 1.88. The van der Waals surface area contributed by atoms with Crippen molar-refractivity contribution < 1.29 is 5.11 Å². The summed E-state index contributed by atoms with van der Waals surface area (Å²) in [6.07, 6.45) is 3.27. The molecule has 1 radical (unpaired) electrons. The predicted molar refractivity (Wildman–Crippen MR) is 34.6 cm³/mol. The molecule has 1 aromatic rings. The number of aliphatic hydroxyl groups excluding tert-OH is 1. The van der Waals surface area contributed by atoms with Crippen LogP contribution in [0.4, 0.5) is 0 Å². The van der Waals surface area contributed by atoms with E-state index in [0.717, 1.165) is 11.1 Å². The molecule has 0 saturated carbocycles. The van der Waals surface area contributed by atoms with E-state index in [2.05, 4.69) is 11.9 Å². The molecule has 0 aliphatic carbocycles. The van der Waals surface area contributed by atoms with Gasteiger partial charge in [0.05, 0.1) is 6.61 Å². The van der Waals surface area contributed by atoms with E-state index < -0.39 is 0 Å². The maximum absolute atomic E-state index is 8.59. The number of rotatable bonds is 1. The largest absolute Gasteiger partial charge is 0.392 e. The lowest BCUT2D eigenvalue weighted by Crippen LogP contribution is -1.84. The molecular formula is C7H8NO. The van der Waals surface area contributed by atoms with Crippen molar-refractivity contribution in [3.05, 3.63) is 36.5 Å². The van der Waals surface area contributed by atoms with Gasteiger partial charge >= 0.3 is 0 Å². The molecule has 0 amide bonds. The lowest BCUT2D eigenvalue weighted by Gasteiger charge is -1.93. The van der Waals surface area contributed by atoms with Crippen LogP contribution in [0, 0.1) is 6.92 Å². The minimum absolute atomic E-state index is 0.0381. The van der Waals surface area contributed by atoms with Gasteiger partial charge in [-0.25, -0.2) is 0 Å². The van der Waals surface area contributed by atoms with Crippen LogP contribution in [0.2, 0.25) is 0 Å². The van der Waals surface area contributed by atoms with Crippen LogP contribution in [0.3, 0.4) is 0 Å². The van der Waals surface area contributed by atoms with Gasteiger partial charge < -0.3 is 5.11 Å². The van der Waals surface area contributed by atoms with Crippen molar-refractivity contribution in [1.82, 2.24) is 4.98 Å². The standard InChI is InChI=1S/C7H8NO/c1-6-2-7(5-9)4-8-3-6/h2-4,9H,1,5H2. The van der Waals surface area contributed by atoms with Crippen LogP contribution in [0.1, 0.15) is 11.1 Å². The number of aromatic nitrogens is 1. The lowest BCUT2D eigenvalue weighted by molar-refractivity contribution is 0.281. The molecule has 1 aromatic heterocycles. The lowest BCUT2D eigenvalue weighted by atomic mass is 10.2. The molecule has 9 heavy (non-hydrogen) atoms. The van der Waals surface area contributed by atoms with Crippen molar-refractivity contribution in [3.63, 3.8) is 0 Å². The van der Waals surface area contributed by atoms with E-state index in [9.17, 15) is 0 Å². The topological polar surface area (TPSA) is 33.1 Å². The predicted octanol–water partition coefficient (Wildman–Crippen LogP) is 0.756. The van der Waals surface area contributed by atoms with Crippen LogP contribution in [-0.2, 0) is 6.61 Å². The highest BCUT2D eigenvalue weighted by Crippen LogP contribution is 1.99. The van der Waals surface area contributed by atoms with Gasteiger partial charge in [0, 0.05) is 12.4 Å². The Balaban J connectivity index is 2.94. The van der Waals surface area contributed by atoms with Crippen molar-refractivity contribution >= 4 is 0 Å². The summed E-state index contributed by atoms with van der Waals surface area (Å²) >= 11 is 0. The quantitative estimate of drug-likeness (QED) is 0.596. The van der Waals surface area contributed by atoms with Crippen LogP contribution >= 0.6 is 0 Å². The summed E-state index contributed by atoms with van der Waals surface area (Å²) in [4.78, 5) is 3.83. The van der Waals surface area contributed by atoms with Gasteiger partial charge in [-0.1, -0.05) is 6.07 Å². The first-order valence-electron chi connectivity index (χ1n) is 2.69. The van der Waals surface area contributed by atoms with E-state index in [1.807, 2.05) is 0 Å². The van der Waals surface area contributed by atoms with Crippen molar-refractivity contribution in [2.75, 3.05) is 0 Å². The van der Waals surface area contributed by atoms with Gasteiger partial charge in [0.2, 0.25) is 0 Å². The first kappa shape index (κ1) is 6.23. The summed E-state index contributed by atoms with van der Waals surface area (Å²) in [6, 6.07) is 1.80. The third-order valence-corrected chi connectivity index (χ3v) is 1.03. The zero-order chi connectivity index (χ0) is 6.69. The zero-order valence-electron chi connectivity index (χ0n) is 5.04. The third kappa shape index (κ3) is 1.50. The first-order valence-corrected chi connectivity index (χ1v) is 2.69. The molecule has 2 heteroatoms. The van der Waals surface area contributed by atoms with E-state index in [4.69, 9.17) is 5.11 Å².